The molecule has 1 aliphatic rings. The highest BCUT2D eigenvalue weighted by molar-refractivity contribution is 8.18. The van der Waals surface area contributed by atoms with Crippen molar-refractivity contribution in [3.8, 4) is 0 Å². The SMILES string of the molecule is Cn1nc(C(=O)NCCN2C(=O)S/C(=C\c3ccc(Cl)cc3)C2=O)ccc1=O. The minimum atomic E-state index is -0.501. The first-order valence-corrected chi connectivity index (χ1v) is 9.38. The van der Waals surface area contributed by atoms with Gasteiger partial charge in [0.15, 0.2) is 0 Å². The Bertz CT molecular complexity index is 1030. The van der Waals surface area contributed by atoms with Gasteiger partial charge < -0.3 is 5.32 Å². The molecule has 10 heteroatoms. The van der Waals surface area contributed by atoms with Gasteiger partial charge in [0.1, 0.15) is 5.69 Å². The molecule has 1 fully saturated rings. The molecule has 1 saturated heterocycles. The smallest absolute Gasteiger partial charge is 0.293 e. The van der Waals surface area contributed by atoms with E-state index in [0.29, 0.717) is 9.93 Å². The van der Waals surface area contributed by atoms with Crippen LogP contribution in [0.25, 0.3) is 6.08 Å². The zero-order chi connectivity index (χ0) is 20.3. The fourth-order valence-corrected chi connectivity index (χ4v) is 3.39. The number of benzene rings is 1. The summed E-state index contributed by atoms with van der Waals surface area (Å²) in [7, 11) is 1.44. The van der Waals surface area contributed by atoms with Gasteiger partial charge in [-0.15, -0.1) is 0 Å². The number of hydrogen-bond donors (Lipinski definition) is 1. The zero-order valence-electron chi connectivity index (χ0n) is 14.7. The second-order valence-corrected chi connectivity index (χ2v) is 7.25. The summed E-state index contributed by atoms with van der Waals surface area (Å²) in [4.78, 5) is 49.3. The van der Waals surface area contributed by atoms with E-state index in [1.807, 2.05) is 0 Å². The van der Waals surface area contributed by atoms with Crippen LogP contribution >= 0.6 is 23.4 Å². The summed E-state index contributed by atoms with van der Waals surface area (Å²) in [6.45, 7) is 0.0930. The van der Waals surface area contributed by atoms with Gasteiger partial charge in [0, 0.05) is 31.2 Å². The summed E-state index contributed by atoms with van der Waals surface area (Å²) in [5.74, 6) is -0.918. The molecule has 8 nitrogen and oxygen atoms in total. The predicted octanol–water partition coefficient (Wildman–Crippen LogP) is 1.90. The van der Waals surface area contributed by atoms with Gasteiger partial charge in [-0.2, -0.15) is 5.10 Å². The third-order valence-electron chi connectivity index (χ3n) is 3.86. The number of aromatic nitrogens is 2. The van der Waals surface area contributed by atoms with E-state index in [-0.39, 0.29) is 24.3 Å². The Morgan fingerprint density at radius 2 is 1.89 bits per heavy atom. The van der Waals surface area contributed by atoms with E-state index >= 15 is 0 Å². The molecule has 1 aromatic carbocycles. The van der Waals surface area contributed by atoms with Crippen molar-refractivity contribution >= 4 is 46.5 Å². The maximum atomic E-state index is 12.4. The molecule has 0 unspecified atom stereocenters. The number of aryl methyl sites for hydroxylation is 1. The molecular weight excluding hydrogens is 404 g/mol. The molecule has 28 heavy (non-hydrogen) atoms. The Morgan fingerprint density at radius 1 is 1.18 bits per heavy atom. The lowest BCUT2D eigenvalue weighted by Gasteiger charge is -2.12. The van der Waals surface area contributed by atoms with Gasteiger partial charge in [0.2, 0.25) is 0 Å². The summed E-state index contributed by atoms with van der Waals surface area (Å²) in [5, 5.41) is 6.59. The molecular formula is C18H15ClN4O4S. The highest BCUT2D eigenvalue weighted by atomic mass is 35.5. The Morgan fingerprint density at radius 3 is 2.57 bits per heavy atom. The first-order chi connectivity index (χ1) is 13.3. The average molecular weight is 419 g/mol. The number of nitrogens with one attached hydrogen (secondary N) is 1. The first kappa shape index (κ1) is 19.8. The van der Waals surface area contributed by atoms with Crippen LogP contribution in [-0.2, 0) is 11.8 Å². The largest absolute Gasteiger partial charge is 0.349 e. The topological polar surface area (TPSA) is 101 Å². The van der Waals surface area contributed by atoms with Crippen LogP contribution in [0.5, 0.6) is 0 Å². The lowest BCUT2D eigenvalue weighted by Crippen LogP contribution is -2.38. The van der Waals surface area contributed by atoms with Crippen LogP contribution in [0.1, 0.15) is 16.1 Å². The summed E-state index contributed by atoms with van der Waals surface area (Å²) < 4.78 is 1.05. The molecule has 3 rings (SSSR count). The van der Waals surface area contributed by atoms with Crippen molar-refractivity contribution in [1.29, 1.82) is 0 Å². The van der Waals surface area contributed by atoms with Gasteiger partial charge in [-0.3, -0.25) is 24.1 Å². The molecule has 1 aliphatic heterocycles. The maximum Gasteiger partial charge on any atom is 0.293 e. The summed E-state index contributed by atoms with van der Waals surface area (Å²) in [6.07, 6.45) is 1.62. The van der Waals surface area contributed by atoms with Crippen molar-refractivity contribution in [2.75, 3.05) is 13.1 Å². The Labute approximate surface area is 169 Å². The number of halogens is 1. The lowest BCUT2D eigenvalue weighted by atomic mass is 10.2. The fourth-order valence-electron chi connectivity index (χ4n) is 2.40. The van der Waals surface area contributed by atoms with Crippen LogP contribution in [-0.4, -0.2) is 44.8 Å². The number of amides is 3. The molecule has 0 atom stereocenters. The maximum absolute atomic E-state index is 12.4. The monoisotopic (exact) mass is 418 g/mol. The average Bonchev–Trinajstić information content (AvgIpc) is 2.93. The molecule has 0 saturated carbocycles. The van der Waals surface area contributed by atoms with E-state index in [1.165, 1.54) is 19.2 Å². The van der Waals surface area contributed by atoms with E-state index in [4.69, 9.17) is 11.6 Å². The lowest BCUT2D eigenvalue weighted by molar-refractivity contribution is -0.122. The molecule has 2 aromatic rings. The minimum absolute atomic E-state index is 0.0279. The molecule has 3 amide bonds. The summed E-state index contributed by atoms with van der Waals surface area (Å²) in [5.41, 5.74) is 0.490. The van der Waals surface area contributed by atoms with E-state index in [9.17, 15) is 19.2 Å². The van der Waals surface area contributed by atoms with Crippen molar-refractivity contribution in [2.45, 2.75) is 0 Å². The zero-order valence-corrected chi connectivity index (χ0v) is 16.3. The highest BCUT2D eigenvalue weighted by Gasteiger charge is 2.34. The standard InChI is InChI=1S/C18H15ClN4O4S/c1-22-15(24)7-6-13(21-22)16(25)20-8-9-23-17(26)14(28-18(23)27)10-11-2-4-12(19)5-3-11/h2-7,10H,8-9H2,1H3,(H,20,25)/b14-10-. The van der Waals surface area contributed by atoms with Gasteiger partial charge in [-0.05, 0) is 41.6 Å². The van der Waals surface area contributed by atoms with Gasteiger partial charge >= 0.3 is 0 Å². The molecule has 0 radical (unpaired) electrons. The van der Waals surface area contributed by atoms with Crippen LogP contribution < -0.4 is 10.9 Å². The van der Waals surface area contributed by atoms with Crippen LogP contribution in [0, 0.1) is 0 Å². The number of carbonyl (C=O) groups excluding carboxylic acids is 3. The second-order valence-electron chi connectivity index (χ2n) is 5.82. The van der Waals surface area contributed by atoms with Gasteiger partial charge in [-0.1, -0.05) is 23.7 Å². The van der Waals surface area contributed by atoms with Crippen LogP contribution in [0.4, 0.5) is 4.79 Å². The molecule has 1 aromatic heterocycles. The van der Waals surface area contributed by atoms with Crippen molar-refractivity contribution < 1.29 is 14.4 Å². The highest BCUT2D eigenvalue weighted by Crippen LogP contribution is 2.32. The third-order valence-corrected chi connectivity index (χ3v) is 5.01. The number of nitrogens with zero attached hydrogens (tertiary/aromatic N) is 3. The summed E-state index contributed by atoms with van der Waals surface area (Å²) >= 11 is 6.68. The second kappa shape index (κ2) is 8.41. The van der Waals surface area contributed by atoms with Crippen LogP contribution in [0.15, 0.2) is 46.1 Å². The van der Waals surface area contributed by atoms with E-state index < -0.39 is 17.1 Å². The number of imide groups is 1. The molecule has 0 spiro atoms. The number of thioether (sulfide) groups is 1. The Balaban J connectivity index is 1.60. The Hall–Kier alpha value is -2.91. The summed E-state index contributed by atoms with van der Waals surface area (Å²) in [6, 6.07) is 9.43. The first-order valence-electron chi connectivity index (χ1n) is 8.18. The number of hydrogen-bond acceptors (Lipinski definition) is 6. The minimum Gasteiger partial charge on any atom is -0.349 e. The van der Waals surface area contributed by atoms with Crippen LogP contribution in [0.3, 0.4) is 0 Å². The predicted molar refractivity (Wildman–Crippen MR) is 106 cm³/mol. The molecule has 0 bridgehead atoms. The van der Waals surface area contributed by atoms with Crippen LogP contribution in [0.2, 0.25) is 5.02 Å². The quantitative estimate of drug-likeness (QED) is 0.744. The van der Waals surface area contributed by atoms with Gasteiger partial charge in [-0.25, -0.2) is 4.68 Å². The van der Waals surface area contributed by atoms with E-state index in [1.54, 1.807) is 30.3 Å². The van der Waals surface area contributed by atoms with Gasteiger partial charge in [0.05, 0.1) is 4.91 Å². The molecule has 2 heterocycles. The fraction of sp³-hybridized carbons (Fsp3) is 0.167. The Kier molecular flexibility index (Phi) is 5.96. The third kappa shape index (κ3) is 4.49. The van der Waals surface area contributed by atoms with Crippen molar-refractivity contribution in [1.82, 2.24) is 20.0 Å². The van der Waals surface area contributed by atoms with Gasteiger partial charge in [0.25, 0.3) is 22.6 Å². The van der Waals surface area contributed by atoms with E-state index in [0.717, 1.165) is 26.9 Å². The normalized spacial score (nSPS) is 15.4. The van der Waals surface area contributed by atoms with E-state index in [2.05, 4.69) is 10.4 Å². The van der Waals surface area contributed by atoms with Crippen molar-refractivity contribution in [3.05, 3.63) is 67.9 Å². The molecule has 1 N–H and O–H groups in total. The van der Waals surface area contributed by atoms with Crippen molar-refractivity contribution in [2.24, 2.45) is 7.05 Å². The number of carbonyl (C=O) groups is 3. The van der Waals surface area contributed by atoms with Crippen molar-refractivity contribution in [3.63, 3.8) is 0 Å². The number of rotatable bonds is 5. The molecule has 144 valence electrons. The molecule has 0 aliphatic carbocycles.